The van der Waals surface area contributed by atoms with Crippen LogP contribution in [0.15, 0.2) is 42.7 Å². The Hall–Kier alpha value is -2.06. The first-order valence-electron chi connectivity index (χ1n) is 10.4. The lowest BCUT2D eigenvalue weighted by atomic mass is 10.0. The number of aromatic nitrogens is 2. The first-order chi connectivity index (χ1) is 14.1. The summed E-state index contributed by atoms with van der Waals surface area (Å²) in [6.07, 6.45) is 4.22. The molecule has 0 amide bonds. The number of hydrogen-bond donors (Lipinski definition) is 1. The lowest BCUT2D eigenvalue weighted by Crippen LogP contribution is -2.43. The van der Waals surface area contributed by atoms with Crippen LogP contribution in [0.5, 0.6) is 0 Å². The van der Waals surface area contributed by atoms with E-state index in [1.807, 2.05) is 6.07 Å². The van der Waals surface area contributed by atoms with E-state index < -0.39 is 5.60 Å². The molecule has 156 valence electrons. The minimum Gasteiger partial charge on any atom is -0.387 e. The second kappa shape index (κ2) is 9.17. The van der Waals surface area contributed by atoms with E-state index >= 15 is 0 Å². The largest absolute Gasteiger partial charge is 0.387 e. The number of rotatable bonds is 7. The summed E-state index contributed by atoms with van der Waals surface area (Å²) >= 11 is 0. The molecule has 2 saturated heterocycles. The van der Waals surface area contributed by atoms with E-state index in [2.05, 4.69) is 56.0 Å². The van der Waals surface area contributed by atoms with Crippen LogP contribution in [0.2, 0.25) is 0 Å². The molecule has 0 saturated carbocycles. The van der Waals surface area contributed by atoms with Gasteiger partial charge >= 0.3 is 0 Å². The molecule has 3 heterocycles. The molecular weight excluding hydrogens is 366 g/mol. The van der Waals surface area contributed by atoms with Crippen molar-refractivity contribution in [2.24, 2.45) is 0 Å². The zero-order valence-corrected chi connectivity index (χ0v) is 17.2. The molecule has 2 aromatic rings. The summed E-state index contributed by atoms with van der Waals surface area (Å²) in [5.74, 6) is 0.696. The quantitative estimate of drug-likeness (QED) is 0.757. The number of β-amino-alcohol motifs (C(OH)–C–C–N with tert-alkyl or cyclic N) is 1. The predicted molar refractivity (Wildman–Crippen MR) is 113 cm³/mol. The summed E-state index contributed by atoms with van der Waals surface area (Å²) in [5.41, 5.74) is 1.88. The van der Waals surface area contributed by atoms with Crippen LogP contribution in [0.4, 0.5) is 5.95 Å². The molecular formula is C22H31N5O2. The number of benzene rings is 1. The molecule has 7 nitrogen and oxygen atoms in total. The highest BCUT2D eigenvalue weighted by atomic mass is 16.5. The monoisotopic (exact) mass is 397 g/mol. The van der Waals surface area contributed by atoms with Gasteiger partial charge in [0.1, 0.15) is 0 Å². The SMILES string of the molecule is CN(Cc1cccc(CN2CCOCC2)c1)CC1(O)CCN(c2ncccn2)C1. The van der Waals surface area contributed by atoms with Crippen molar-refractivity contribution >= 4 is 5.95 Å². The minimum atomic E-state index is -0.737. The van der Waals surface area contributed by atoms with Crippen molar-refractivity contribution in [1.82, 2.24) is 19.8 Å². The van der Waals surface area contributed by atoms with Crippen molar-refractivity contribution in [3.05, 3.63) is 53.9 Å². The van der Waals surface area contributed by atoms with Gasteiger partial charge in [-0.1, -0.05) is 24.3 Å². The molecule has 0 bridgehead atoms. The molecule has 2 aliphatic rings. The molecule has 1 N–H and O–H groups in total. The van der Waals surface area contributed by atoms with E-state index in [0.29, 0.717) is 19.0 Å². The second-order valence-electron chi connectivity index (χ2n) is 8.33. The Bertz CT molecular complexity index is 784. The van der Waals surface area contributed by atoms with E-state index in [1.54, 1.807) is 12.4 Å². The third-order valence-electron chi connectivity index (χ3n) is 5.69. The van der Waals surface area contributed by atoms with Crippen molar-refractivity contribution in [2.45, 2.75) is 25.1 Å². The summed E-state index contributed by atoms with van der Waals surface area (Å²) in [7, 11) is 2.08. The van der Waals surface area contributed by atoms with Crippen LogP contribution in [0.3, 0.4) is 0 Å². The topological polar surface area (TPSA) is 65.0 Å². The zero-order valence-electron chi connectivity index (χ0n) is 17.2. The van der Waals surface area contributed by atoms with Crippen molar-refractivity contribution < 1.29 is 9.84 Å². The van der Waals surface area contributed by atoms with E-state index in [4.69, 9.17) is 4.74 Å². The van der Waals surface area contributed by atoms with Crippen LogP contribution in [0, 0.1) is 0 Å². The highest BCUT2D eigenvalue weighted by Crippen LogP contribution is 2.25. The fourth-order valence-corrected chi connectivity index (χ4v) is 4.32. The lowest BCUT2D eigenvalue weighted by molar-refractivity contribution is 0.0278. The van der Waals surface area contributed by atoms with Gasteiger partial charge in [0.2, 0.25) is 5.95 Å². The number of likely N-dealkylation sites (N-methyl/N-ethyl adjacent to an activating group) is 1. The Morgan fingerprint density at radius 1 is 1.10 bits per heavy atom. The van der Waals surface area contributed by atoms with Gasteiger partial charge in [0, 0.05) is 51.7 Å². The summed E-state index contributed by atoms with van der Waals surface area (Å²) in [6, 6.07) is 10.6. The molecule has 1 atom stereocenters. The van der Waals surface area contributed by atoms with Gasteiger partial charge in [-0.2, -0.15) is 0 Å². The number of nitrogens with zero attached hydrogens (tertiary/aromatic N) is 5. The molecule has 4 rings (SSSR count). The van der Waals surface area contributed by atoms with Crippen LogP contribution in [0.25, 0.3) is 0 Å². The van der Waals surface area contributed by atoms with Crippen molar-refractivity contribution in [1.29, 1.82) is 0 Å². The summed E-state index contributed by atoms with van der Waals surface area (Å²) in [5, 5.41) is 11.1. The maximum absolute atomic E-state index is 11.1. The standard InChI is InChI=1S/C22H31N5O2/c1-25(17-22(28)6-9-27(18-22)21-23-7-3-8-24-21)15-19-4-2-5-20(14-19)16-26-10-12-29-13-11-26/h2-5,7-8,14,28H,6,9-13,15-18H2,1H3. The molecule has 0 radical (unpaired) electrons. The zero-order chi connectivity index (χ0) is 20.1. The summed E-state index contributed by atoms with van der Waals surface area (Å²) < 4.78 is 5.44. The molecule has 29 heavy (non-hydrogen) atoms. The Labute approximate surface area is 172 Å². The van der Waals surface area contributed by atoms with Crippen molar-refractivity contribution in [3.8, 4) is 0 Å². The van der Waals surface area contributed by atoms with E-state index in [9.17, 15) is 5.11 Å². The van der Waals surface area contributed by atoms with Crippen LogP contribution in [-0.2, 0) is 17.8 Å². The van der Waals surface area contributed by atoms with Crippen LogP contribution in [-0.4, -0.2) is 83.5 Å². The Balaban J connectivity index is 1.31. The summed E-state index contributed by atoms with van der Waals surface area (Å²) in [6.45, 7) is 7.42. The number of aliphatic hydroxyl groups is 1. The third kappa shape index (κ3) is 5.51. The number of morpholine rings is 1. The maximum atomic E-state index is 11.1. The fraction of sp³-hybridized carbons (Fsp3) is 0.545. The normalized spacial score (nSPS) is 23.1. The number of ether oxygens (including phenoxy) is 1. The summed E-state index contributed by atoms with van der Waals surface area (Å²) in [4.78, 5) is 15.3. The van der Waals surface area contributed by atoms with Gasteiger partial charge in [-0.05, 0) is 30.7 Å². The molecule has 0 spiro atoms. The highest BCUT2D eigenvalue weighted by Gasteiger charge is 2.37. The first-order valence-corrected chi connectivity index (χ1v) is 10.4. The Morgan fingerprint density at radius 3 is 2.66 bits per heavy atom. The first kappa shape index (κ1) is 20.2. The highest BCUT2D eigenvalue weighted by molar-refractivity contribution is 5.32. The fourth-order valence-electron chi connectivity index (χ4n) is 4.32. The Morgan fingerprint density at radius 2 is 1.86 bits per heavy atom. The predicted octanol–water partition coefficient (Wildman–Crippen LogP) is 1.38. The lowest BCUT2D eigenvalue weighted by Gasteiger charge is -2.29. The smallest absolute Gasteiger partial charge is 0.225 e. The second-order valence-corrected chi connectivity index (χ2v) is 8.33. The molecule has 2 aliphatic heterocycles. The average molecular weight is 398 g/mol. The molecule has 7 heteroatoms. The van der Waals surface area contributed by atoms with Gasteiger partial charge in [0.05, 0.1) is 25.4 Å². The van der Waals surface area contributed by atoms with Gasteiger partial charge < -0.3 is 14.7 Å². The minimum absolute atomic E-state index is 0.568. The van der Waals surface area contributed by atoms with Crippen LogP contribution < -0.4 is 4.90 Å². The molecule has 2 fully saturated rings. The molecule has 0 aliphatic carbocycles. The van der Waals surface area contributed by atoms with Crippen LogP contribution in [0.1, 0.15) is 17.5 Å². The van der Waals surface area contributed by atoms with Gasteiger partial charge in [-0.25, -0.2) is 9.97 Å². The van der Waals surface area contributed by atoms with Gasteiger partial charge in [0.15, 0.2) is 0 Å². The van der Waals surface area contributed by atoms with Crippen molar-refractivity contribution in [2.75, 3.05) is 57.9 Å². The molecule has 1 aromatic carbocycles. The van der Waals surface area contributed by atoms with E-state index in [0.717, 1.165) is 52.4 Å². The molecule has 1 unspecified atom stereocenters. The number of anilines is 1. The van der Waals surface area contributed by atoms with Crippen molar-refractivity contribution in [3.63, 3.8) is 0 Å². The average Bonchev–Trinajstić information content (AvgIpc) is 3.11. The maximum Gasteiger partial charge on any atom is 0.225 e. The van der Waals surface area contributed by atoms with Gasteiger partial charge in [-0.15, -0.1) is 0 Å². The van der Waals surface area contributed by atoms with E-state index in [1.165, 1.54) is 11.1 Å². The van der Waals surface area contributed by atoms with Gasteiger partial charge in [-0.3, -0.25) is 9.80 Å². The third-order valence-corrected chi connectivity index (χ3v) is 5.69. The Kier molecular flexibility index (Phi) is 6.40. The van der Waals surface area contributed by atoms with Gasteiger partial charge in [0.25, 0.3) is 0 Å². The molecule has 1 aromatic heterocycles. The number of hydrogen-bond acceptors (Lipinski definition) is 7. The van der Waals surface area contributed by atoms with E-state index in [-0.39, 0.29) is 0 Å². The van der Waals surface area contributed by atoms with Crippen LogP contribution >= 0.6 is 0 Å².